The van der Waals surface area contributed by atoms with Crippen molar-refractivity contribution in [2.24, 2.45) is 51.2 Å². The Hall–Kier alpha value is -7.33. The van der Waals surface area contributed by atoms with E-state index in [1.165, 1.54) is 25.2 Å². The summed E-state index contributed by atoms with van der Waals surface area (Å²) in [6.07, 6.45) is -7.62. The molecule has 0 radical (unpaired) electrons. The van der Waals surface area contributed by atoms with Gasteiger partial charge in [-0.2, -0.15) is 0 Å². The first-order valence-electron chi connectivity index (χ1n) is 43.9. The smallest absolute Gasteiger partial charge is 0.407 e. The standard InChI is InChI=1S/C53H71NO14SSi.C39H54O11Si/c1-10-70(11-2,12-3)68-38-27-39-52(29-62-39,67-32(6)55)43-45(66-48(59)33-19-14-13-15-20-33)53(61)28-36(30(4)40(50(53,7)8)42(44(56)51(38,43)9)65-47(58)34-24-25-34)64-46(57)31(5)41(37-23-18-26-69-37)54-49(60)63-35-21-16-17-22-35;1-9-51(10-2,11-3)50-27-19-28-38(21-46-28,49-23(5)40)31-33(48-35(44)24-15-13-12-14-16-24)39(45)20-26(41)22(4)29(36(39,6)7)30(32(42)37(27,31)8)47-34(43)25-17-18-25/h13-15,18-20,23,26,31,34-36,38-39,41-43,45,61H,10-12,16-17,21-22,24-25,27-29H2,1-9H3,(H,54,60);12-16,25-28,30-31,33,41,45H,9-11,17-21H2,1-8H3/t31-,36+,38+,39-,41-,42-,43?,45?,51-,52+,53-;26-,27-,28+,30+,31?,33?,37+,38-,39+/m10/s1. The van der Waals surface area contributed by atoms with Gasteiger partial charge in [-0.3, -0.25) is 33.6 Å². The molecule has 4 N–H and O–H groups in total. The molecule has 4 bridgehead atoms. The van der Waals surface area contributed by atoms with Crippen molar-refractivity contribution < 1.29 is 119 Å². The average Bonchev–Trinajstić information content (AvgIpc) is 1.54. The highest BCUT2D eigenvalue weighted by atomic mass is 32.1. The van der Waals surface area contributed by atoms with Crippen LogP contribution in [0.5, 0.6) is 0 Å². The van der Waals surface area contributed by atoms with E-state index in [9.17, 15) is 53.7 Å². The molecule has 20 atom stereocenters. The van der Waals surface area contributed by atoms with Gasteiger partial charge in [0.25, 0.3) is 0 Å². The van der Waals surface area contributed by atoms with E-state index in [2.05, 4.69) is 46.9 Å². The summed E-state index contributed by atoms with van der Waals surface area (Å²) in [5.41, 5.74) is -12.2. The van der Waals surface area contributed by atoms with Crippen molar-refractivity contribution in [2.75, 3.05) is 13.2 Å². The Morgan fingerprint density at radius 1 is 0.545 bits per heavy atom. The highest BCUT2D eigenvalue weighted by Crippen LogP contribution is 2.68. The zero-order valence-corrected chi connectivity index (χ0v) is 76.0. The lowest BCUT2D eigenvalue weighted by atomic mass is 9.44. The lowest BCUT2D eigenvalue weighted by molar-refractivity contribution is -0.344. The fourth-order valence-electron chi connectivity index (χ4n) is 22.2. The molecule has 26 nitrogen and oxygen atoms in total. The van der Waals surface area contributed by atoms with E-state index >= 15 is 9.59 Å². The number of thiophene rings is 1. The van der Waals surface area contributed by atoms with Crippen LogP contribution in [-0.4, -0.2) is 194 Å². The van der Waals surface area contributed by atoms with E-state index in [1.54, 1.807) is 123 Å². The third-order valence-corrected chi connectivity index (χ3v) is 40.8. The Labute approximate surface area is 715 Å². The van der Waals surface area contributed by atoms with Crippen LogP contribution in [0.4, 0.5) is 4.79 Å². The molecular weight excluding hydrogens is 1610 g/mol. The van der Waals surface area contributed by atoms with E-state index < -0.39 is 211 Å². The first-order chi connectivity index (χ1) is 57.2. The van der Waals surface area contributed by atoms with Crippen LogP contribution in [-0.2, 0) is 89.8 Å². The van der Waals surface area contributed by atoms with Gasteiger partial charge in [-0.05, 0) is 180 Å². The highest BCUT2D eigenvalue weighted by Gasteiger charge is 2.82. The summed E-state index contributed by atoms with van der Waals surface area (Å²) in [7, 11) is -5.10. The fraction of sp³-hybridized carbons (Fsp3) is 0.674. The summed E-state index contributed by atoms with van der Waals surface area (Å²) in [6, 6.07) is 23.8. The number of aliphatic hydroxyl groups excluding tert-OH is 1. The molecule has 14 rings (SSSR count). The Balaban J connectivity index is 0.000000219. The molecule has 0 spiro atoms. The molecule has 9 aliphatic carbocycles. The number of Topliss-reactive ketones (excluding diaryl/α,β-unsaturated/α-hetero) is 2. The number of nitrogens with one attached hydrogen (secondary N) is 1. The number of rotatable bonds is 26. The minimum atomic E-state index is -2.61. The molecule has 2 saturated heterocycles. The number of carbonyl (C=O) groups is 10. The zero-order chi connectivity index (χ0) is 87.9. The van der Waals surface area contributed by atoms with Gasteiger partial charge in [-0.25, -0.2) is 14.4 Å². The summed E-state index contributed by atoms with van der Waals surface area (Å²) >= 11 is 1.35. The molecule has 2 aromatic carbocycles. The normalized spacial score (nSPS) is 34.4. The first kappa shape index (κ1) is 91.4. The number of hydrogen-bond donors (Lipinski definition) is 4. The molecule has 3 aromatic rings. The van der Waals surface area contributed by atoms with Crippen molar-refractivity contribution in [2.45, 2.75) is 327 Å². The topological polar surface area (TPSA) is 354 Å². The minimum absolute atomic E-state index is 0.120. The van der Waals surface area contributed by atoms with E-state index in [0.717, 1.165) is 61.9 Å². The lowest BCUT2D eigenvalue weighted by Crippen LogP contribution is -2.82. The third kappa shape index (κ3) is 15.9. The maximum Gasteiger partial charge on any atom is 0.407 e. The van der Waals surface area contributed by atoms with Gasteiger partial charge in [0.2, 0.25) is 0 Å². The molecule has 11 aliphatic rings. The Morgan fingerprint density at radius 3 is 1.33 bits per heavy atom. The largest absolute Gasteiger partial charge is 0.457 e. The van der Waals surface area contributed by atoms with Gasteiger partial charge >= 0.3 is 47.9 Å². The molecule has 4 unspecified atom stereocenters. The number of alkyl carbamates (subject to hydrolysis) is 1. The predicted octanol–water partition coefficient (Wildman–Crippen LogP) is 13.8. The third-order valence-electron chi connectivity index (χ3n) is 30.5. The Bertz CT molecular complexity index is 4470. The van der Waals surface area contributed by atoms with Gasteiger partial charge in [0, 0.05) is 55.2 Å². The van der Waals surface area contributed by atoms with Crippen LogP contribution in [0, 0.1) is 51.2 Å². The number of benzene rings is 2. The number of carbonyl (C=O) groups excluding carboxylic acids is 10. The number of ether oxygens (including phenoxy) is 10. The van der Waals surface area contributed by atoms with Crippen LogP contribution in [0.2, 0.25) is 36.3 Å². The summed E-state index contributed by atoms with van der Waals surface area (Å²) in [5, 5.41) is 44.1. The SMILES string of the molecule is CC[Si](CC)(CC)O[C@H]1C[C@H]2OC[C@@]2(OC(C)=O)C2C(OC(=O)c3ccccc3)[C@]3(O)C[C@H](O)C(C)=C([C@@H](OC(=O)C4CC4)C(=O)[C@@]21C)C3(C)C.CC[Si](CC)(CC)O[C@H]1C[C@H]2OC[C@@]2(OC(C)=O)C2C(OC(=O)c3ccccc3)[C@]3(O)C[C@H](OC(=O)[C@H](C)[C@@H](NC(=O)OC4CCCC4)c4cccs4)C(C)=C([C@@H](OC(=O)C4CC4)C(=O)[C@@]21C)C3(C)C. The van der Waals surface area contributed by atoms with Gasteiger partial charge in [-0.15, -0.1) is 11.3 Å². The van der Waals surface area contributed by atoms with Gasteiger partial charge in [-0.1, -0.05) is 112 Å². The average molecular weight is 1730 g/mol. The van der Waals surface area contributed by atoms with Crippen LogP contribution in [0.1, 0.15) is 226 Å². The molecule has 1 aromatic heterocycles. The highest BCUT2D eigenvalue weighted by molar-refractivity contribution is 7.10. The van der Waals surface area contributed by atoms with E-state index in [4.69, 9.17) is 56.2 Å². The van der Waals surface area contributed by atoms with Gasteiger partial charge in [0.15, 0.2) is 51.6 Å². The second-order valence-corrected chi connectivity index (χ2v) is 48.0. The van der Waals surface area contributed by atoms with Gasteiger partial charge in [0.1, 0.15) is 47.8 Å². The lowest BCUT2D eigenvalue weighted by Gasteiger charge is -2.68. The number of aliphatic hydroxyl groups is 3. The predicted molar refractivity (Wildman–Crippen MR) is 448 cm³/mol. The monoisotopic (exact) mass is 1730 g/mol. The van der Waals surface area contributed by atoms with Crippen molar-refractivity contribution in [3.8, 4) is 0 Å². The molecule has 2 aliphatic heterocycles. The van der Waals surface area contributed by atoms with Crippen LogP contribution in [0.25, 0.3) is 0 Å². The molecule has 9 fully saturated rings. The fourth-order valence-corrected chi connectivity index (χ4v) is 28.9. The van der Waals surface area contributed by atoms with E-state index in [1.807, 2.05) is 17.5 Å². The van der Waals surface area contributed by atoms with Crippen molar-refractivity contribution in [3.05, 3.63) is 116 Å². The number of hydrogen-bond acceptors (Lipinski definition) is 26. The quantitative estimate of drug-likeness (QED) is 0.0251. The summed E-state index contributed by atoms with van der Waals surface area (Å²) in [4.78, 5) is 145. The first-order valence-corrected chi connectivity index (χ1v) is 49.9. The Kier molecular flexibility index (Phi) is 26.1. The zero-order valence-electron chi connectivity index (χ0n) is 73.2. The maximum absolute atomic E-state index is 16.6. The molecule has 121 heavy (non-hydrogen) atoms. The number of ketones is 2. The maximum atomic E-state index is 16.6. The Morgan fingerprint density at radius 2 is 0.959 bits per heavy atom. The van der Waals surface area contributed by atoms with Crippen LogP contribution < -0.4 is 5.32 Å². The molecule has 7 saturated carbocycles. The van der Waals surface area contributed by atoms with Crippen LogP contribution in [0.3, 0.4) is 0 Å². The molecule has 29 heteroatoms. The number of fused-ring (bicyclic) bond motifs is 10. The van der Waals surface area contributed by atoms with E-state index in [0.29, 0.717) is 41.7 Å². The second kappa shape index (κ2) is 34.5. The van der Waals surface area contributed by atoms with Crippen molar-refractivity contribution >= 4 is 87.4 Å². The summed E-state index contributed by atoms with van der Waals surface area (Å²) in [5.74, 6) is -10.2. The van der Waals surface area contributed by atoms with Crippen LogP contribution >= 0.6 is 11.3 Å². The van der Waals surface area contributed by atoms with Crippen molar-refractivity contribution in [3.63, 3.8) is 0 Å². The van der Waals surface area contributed by atoms with Crippen molar-refractivity contribution in [1.82, 2.24) is 5.32 Å². The van der Waals surface area contributed by atoms with Crippen molar-refractivity contribution in [1.29, 1.82) is 0 Å². The van der Waals surface area contributed by atoms with E-state index in [-0.39, 0.29) is 73.2 Å². The van der Waals surface area contributed by atoms with Gasteiger partial charge in [0.05, 0.1) is 89.1 Å². The van der Waals surface area contributed by atoms with Crippen LogP contribution in [0.15, 0.2) is 100 Å². The number of amides is 1. The molecule has 662 valence electrons. The second-order valence-electron chi connectivity index (χ2n) is 37.6. The minimum Gasteiger partial charge on any atom is -0.457 e. The molecule has 3 heterocycles. The summed E-state index contributed by atoms with van der Waals surface area (Å²) in [6.45, 7) is 30.0. The molecule has 1 amide bonds. The summed E-state index contributed by atoms with van der Waals surface area (Å²) < 4.78 is 78.0. The molecular formula is C92H125NO25SSi2. The van der Waals surface area contributed by atoms with Gasteiger partial charge < -0.3 is 76.9 Å². The number of esters is 7.